The monoisotopic (exact) mass is 337 g/mol. The molecule has 9 heteroatoms. The molecule has 0 aromatic carbocycles. The van der Waals surface area contributed by atoms with Gasteiger partial charge < -0.3 is 24.1 Å². The van der Waals surface area contributed by atoms with Crippen molar-refractivity contribution in [2.24, 2.45) is 0 Å². The zero-order valence-electron chi connectivity index (χ0n) is 14.0. The van der Waals surface area contributed by atoms with Crippen molar-refractivity contribution in [3.8, 4) is 0 Å². The largest absolute Gasteiger partial charge is 0.481 e. The second-order valence-electron chi connectivity index (χ2n) is 5.43. The number of carboxylic acids is 1. The van der Waals surface area contributed by atoms with Gasteiger partial charge in [-0.15, -0.1) is 0 Å². The van der Waals surface area contributed by atoms with Gasteiger partial charge in [0.1, 0.15) is 5.60 Å². The van der Waals surface area contributed by atoms with Crippen molar-refractivity contribution < 1.29 is 38.5 Å². The number of carboxylic acid groups (broad SMARTS) is 1. The van der Waals surface area contributed by atoms with Crippen LogP contribution < -0.4 is 5.48 Å². The van der Waals surface area contributed by atoms with Crippen LogP contribution in [0.1, 0.15) is 27.2 Å². The van der Waals surface area contributed by atoms with E-state index < -0.39 is 17.7 Å². The Morgan fingerprint density at radius 2 is 1.35 bits per heavy atom. The summed E-state index contributed by atoms with van der Waals surface area (Å²) in [5, 5.41) is 8.39. The first-order chi connectivity index (χ1) is 10.8. The van der Waals surface area contributed by atoms with Crippen molar-refractivity contribution in [2.45, 2.75) is 32.8 Å². The molecule has 0 saturated carbocycles. The highest BCUT2D eigenvalue weighted by atomic mass is 16.7. The Bertz CT molecular complexity index is 329. The minimum atomic E-state index is -0.886. The van der Waals surface area contributed by atoms with Gasteiger partial charge >= 0.3 is 12.1 Å². The molecule has 0 unspecified atom stereocenters. The molecule has 0 aliphatic rings. The quantitative estimate of drug-likeness (QED) is 0.377. The normalized spacial score (nSPS) is 11.3. The van der Waals surface area contributed by atoms with Crippen molar-refractivity contribution in [3.05, 3.63) is 0 Å². The third-order valence-corrected chi connectivity index (χ3v) is 2.09. The summed E-state index contributed by atoms with van der Waals surface area (Å²) < 4.78 is 20.4. The van der Waals surface area contributed by atoms with Crippen LogP contribution in [-0.2, 0) is 28.6 Å². The smallest absolute Gasteiger partial charge is 0.431 e. The predicted octanol–water partition coefficient (Wildman–Crippen LogP) is 0.967. The molecule has 2 N–H and O–H groups in total. The SMILES string of the molecule is CC(C)(C)OC(=O)NOCCOCCOCCOCCC(=O)O. The van der Waals surface area contributed by atoms with Gasteiger partial charge in [-0.05, 0) is 20.8 Å². The number of aliphatic carboxylic acids is 1. The van der Waals surface area contributed by atoms with Crippen LogP contribution in [0.15, 0.2) is 0 Å². The molecule has 0 bridgehead atoms. The first-order valence-electron chi connectivity index (χ1n) is 7.37. The zero-order chi connectivity index (χ0) is 17.6. The molecule has 0 spiro atoms. The second-order valence-corrected chi connectivity index (χ2v) is 5.43. The summed E-state index contributed by atoms with van der Waals surface area (Å²) in [5.74, 6) is -0.886. The number of carbonyl (C=O) groups excluding carboxylic acids is 1. The van der Waals surface area contributed by atoms with Gasteiger partial charge in [0.15, 0.2) is 0 Å². The number of nitrogens with one attached hydrogen (secondary N) is 1. The van der Waals surface area contributed by atoms with E-state index in [2.05, 4.69) is 5.48 Å². The van der Waals surface area contributed by atoms with Gasteiger partial charge in [-0.25, -0.2) is 4.79 Å². The van der Waals surface area contributed by atoms with Crippen LogP contribution >= 0.6 is 0 Å². The van der Waals surface area contributed by atoms with Gasteiger partial charge in [0.2, 0.25) is 0 Å². The van der Waals surface area contributed by atoms with E-state index in [4.69, 9.17) is 28.9 Å². The Kier molecular flexibility index (Phi) is 12.3. The van der Waals surface area contributed by atoms with E-state index in [0.29, 0.717) is 33.0 Å². The van der Waals surface area contributed by atoms with Gasteiger partial charge in [-0.1, -0.05) is 0 Å². The van der Waals surface area contributed by atoms with E-state index in [-0.39, 0.29) is 19.6 Å². The number of hydrogen-bond donors (Lipinski definition) is 2. The van der Waals surface area contributed by atoms with Crippen molar-refractivity contribution >= 4 is 12.1 Å². The van der Waals surface area contributed by atoms with Gasteiger partial charge in [0.05, 0.1) is 52.7 Å². The van der Waals surface area contributed by atoms with E-state index >= 15 is 0 Å². The summed E-state index contributed by atoms with van der Waals surface area (Å²) in [5.41, 5.74) is 1.58. The molecule has 0 aliphatic heterocycles. The first-order valence-corrected chi connectivity index (χ1v) is 7.37. The summed E-state index contributed by atoms with van der Waals surface area (Å²) >= 11 is 0. The number of ether oxygens (including phenoxy) is 4. The fourth-order valence-corrected chi connectivity index (χ4v) is 1.21. The van der Waals surface area contributed by atoms with Crippen LogP contribution in [0.2, 0.25) is 0 Å². The van der Waals surface area contributed by atoms with Crippen LogP contribution in [0.5, 0.6) is 0 Å². The van der Waals surface area contributed by atoms with Gasteiger partial charge in [-0.2, -0.15) is 5.48 Å². The maximum atomic E-state index is 11.2. The van der Waals surface area contributed by atoms with Gasteiger partial charge in [0, 0.05) is 0 Å². The lowest BCUT2D eigenvalue weighted by atomic mass is 10.2. The average molecular weight is 337 g/mol. The van der Waals surface area contributed by atoms with E-state index in [1.807, 2.05) is 0 Å². The first kappa shape index (κ1) is 21.6. The number of hydrogen-bond acceptors (Lipinski definition) is 7. The minimum Gasteiger partial charge on any atom is -0.481 e. The summed E-state index contributed by atoms with van der Waals surface area (Å²) in [7, 11) is 0. The molecular weight excluding hydrogens is 310 g/mol. The maximum Gasteiger partial charge on any atom is 0.431 e. The van der Waals surface area contributed by atoms with Crippen LogP contribution in [0.25, 0.3) is 0 Å². The summed E-state index contributed by atoms with van der Waals surface area (Å²) in [6.07, 6.45) is -0.663. The fraction of sp³-hybridized carbons (Fsp3) is 0.857. The molecule has 0 aromatic rings. The molecule has 0 saturated heterocycles. The van der Waals surface area contributed by atoms with Crippen molar-refractivity contribution in [3.63, 3.8) is 0 Å². The summed E-state index contributed by atoms with van der Waals surface area (Å²) in [4.78, 5) is 26.3. The van der Waals surface area contributed by atoms with E-state index in [1.54, 1.807) is 20.8 Å². The highest BCUT2D eigenvalue weighted by Gasteiger charge is 2.15. The van der Waals surface area contributed by atoms with Crippen molar-refractivity contribution in [1.29, 1.82) is 0 Å². The molecule has 0 aromatic heterocycles. The maximum absolute atomic E-state index is 11.2. The van der Waals surface area contributed by atoms with Crippen LogP contribution in [0.4, 0.5) is 4.79 Å². The Hall–Kier alpha value is -1.42. The van der Waals surface area contributed by atoms with Crippen molar-refractivity contribution in [2.75, 3.05) is 46.2 Å². The minimum absolute atomic E-state index is 0.0135. The number of rotatable bonds is 13. The lowest BCUT2D eigenvalue weighted by molar-refractivity contribution is -0.138. The standard InChI is InChI=1S/C14H27NO8/c1-14(2,3)23-13(18)15-22-11-10-21-9-8-20-7-6-19-5-4-12(16)17/h4-11H2,1-3H3,(H,15,18)(H,16,17). The molecular formula is C14H27NO8. The Labute approximate surface area is 136 Å². The third kappa shape index (κ3) is 18.5. The van der Waals surface area contributed by atoms with Crippen LogP contribution in [0, 0.1) is 0 Å². The molecule has 1 amide bonds. The van der Waals surface area contributed by atoms with E-state index in [1.165, 1.54) is 0 Å². The molecule has 136 valence electrons. The molecule has 0 atom stereocenters. The third-order valence-electron chi connectivity index (χ3n) is 2.09. The molecule has 0 heterocycles. The fourth-order valence-electron chi connectivity index (χ4n) is 1.21. The summed E-state index contributed by atoms with van der Waals surface area (Å²) in [6.45, 7) is 7.43. The van der Waals surface area contributed by atoms with Crippen molar-refractivity contribution in [1.82, 2.24) is 5.48 Å². The van der Waals surface area contributed by atoms with Crippen LogP contribution in [-0.4, -0.2) is 69.0 Å². The number of carbonyl (C=O) groups is 2. The van der Waals surface area contributed by atoms with Gasteiger partial charge in [-0.3, -0.25) is 9.63 Å². The van der Waals surface area contributed by atoms with Crippen LogP contribution in [0.3, 0.4) is 0 Å². The zero-order valence-corrected chi connectivity index (χ0v) is 14.0. The lowest BCUT2D eigenvalue weighted by Crippen LogP contribution is -2.33. The highest BCUT2D eigenvalue weighted by Crippen LogP contribution is 2.06. The molecule has 9 nitrogen and oxygen atoms in total. The Balaban J connectivity index is 3.19. The van der Waals surface area contributed by atoms with E-state index in [9.17, 15) is 9.59 Å². The molecule has 0 radical (unpaired) electrons. The predicted molar refractivity (Wildman–Crippen MR) is 80.0 cm³/mol. The molecule has 0 aliphatic carbocycles. The van der Waals surface area contributed by atoms with E-state index in [0.717, 1.165) is 0 Å². The Morgan fingerprint density at radius 3 is 1.83 bits per heavy atom. The average Bonchev–Trinajstić information content (AvgIpc) is 2.41. The summed E-state index contributed by atoms with van der Waals surface area (Å²) in [6, 6.07) is 0. The molecule has 0 rings (SSSR count). The molecule has 23 heavy (non-hydrogen) atoms. The van der Waals surface area contributed by atoms with Gasteiger partial charge in [0.25, 0.3) is 0 Å². The number of amides is 1. The number of hydroxylamine groups is 1. The second kappa shape index (κ2) is 13.1. The lowest BCUT2D eigenvalue weighted by Gasteiger charge is -2.19. The highest BCUT2D eigenvalue weighted by molar-refractivity contribution is 5.66. The Morgan fingerprint density at radius 1 is 0.870 bits per heavy atom. The molecule has 0 fully saturated rings. The topological polar surface area (TPSA) is 113 Å².